The fourth-order valence-corrected chi connectivity index (χ4v) is 2.24. The number of para-hydroxylation sites is 1. The lowest BCUT2D eigenvalue weighted by atomic mass is 10.2. The van der Waals surface area contributed by atoms with Crippen molar-refractivity contribution in [2.75, 3.05) is 5.32 Å². The van der Waals surface area contributed by atoms with Crippen LogP contribution in [0.1, 0.15) is 23.9 Å². The molecule has 0 saturated heterocycles. The molecular formula is C17H17F2N5. The van der Waals surface area contributed by atoms with E-state index in [1.807, 2.05) is 43.5 Å². The van der Waals surface area contributed by atoms with Gasteiger partial charge in [-0.15, -0.1) is 0 Å². The molecule has 0 aliphatic rings. The van der Waals surface area contributed by atoms with Crippen molar-refractivity contribution in [3.8, 4) is 5.69 Å². The van der Waals surface area contributed by atoms with Gasteiger partial charge in [0, 0.05) is 31.4 Å². The number of rotatable bonds is 5. The molecular weight excluding hydrogens is 312 g/mol. The molecule has 0 atom stereocenters. The van der Waals surface area contributed by atoms with E-state index in [9.17, 15) is 8.78 Å². The van der Waals surface area contributed by atoms with Crippen molar-refractivity contribution in [3.05, 3.63) is 65.7 Å². The minimum Gasteiger partial charge on any atom is -0.350 e. The second-order valence-corrected chi connectivity index (χ2v) is 5.53. The van der Waals surface area contributed by atoms with Gasteiger partial charge in [-0.1, -0.05) is 18.2 Å². The first-order valence-electron chi connectivity index (χ1n) is 7.49. The van der Waals surface area contributed by atoms with Gasteiger partial charge in [-0.25, -0.2) is 14.6 Å². The smallest absolute Gasteiger partial charge is 0.287 e. The van der Waals surface area contributed by atoms with Crippen LogP contribution >= 0.6 is 0 Å². The summed E-state index contributed by atoms with van der Waals surface area (Å²) in [7, 11) is 0. The van der Waals surface area contributed by atoms with Gasteiger partial charge in [0.2, 0.25) is 5.95 Å². The van der Waals surface area contributed by atoms with E-state index in [0.717, 1.165) is 23.9 Å². The Labute approximate surface area is 138 Å². The maximum atomic E-state index is 13.3. The molecule has 5 nitrogen and oxygen atoms in total. The van der Waals surface area contributed by atoms with Crippen molar-refractivity contribution >= 4 is 5.95 Å². The minimum absolute atomic E-state index is 0.167. The fraction of sp³-hybridized carbons (Fsp3) is 0.235. The first-order valence-corrected chi connectivity index (χ1v) is 7.49. The third kappa shape index (κ3) is 3.56. The summed E-state index contributed by atoms with van der Waals surface area (Å²) in [5.41, 5.74) is 2.44. The van der Waals surface area contributed by atoms with Gasteiger partial charge < -0.3 is 5.32 Å². The average Bonchev–Trinajstić information content (AvgIpc) is 2.94. The first kappa shape index (κ1) is 16.0. The van der Waals surface area contributed by atoms with Crippen LogP contribution in [0.25, 0.3) is 5.69 Å². The number of nitrogens with one attached hydrogen (secondary N) is 1. The van der Waals surface area contributed by atoms with Gasteiger partial charge in [0.15, 0.2) is 0 Å². The molecule has 24 heavy (non-hydrogen) atoms. The van der Waals surface area contributed by atoms with E-state index in [4.69, 9.17) is 0 Å². The van der Waals surface area contributed by atoms with Crippen molar-refractivity contribution < 1.29 is 8.78 Å². The van der Waals surface area contributed by atoms with E-state index in [1.54, 1.807) is 4.68 Å². The molecule has 124 valence electrons. The van der Waals surface area contributed by atoms with Crippen LogP contribution in [0.4, 0.5) is 14.7 Å². The van der Waals surface area contributed by atoms with Crippen LogP contribution < -0.4 is 5.32 Å². The molecule has 0 aliphatic carbocycles. The Kier molecular flexibility index (Phi) is 4.24. The van der Waals surface area contributed by atoms with E-state index >= 15 is 0 Å². The van der Waals surface area contributed by atoms with E-state index in [0.29, 0.717) is 6.54 Å². The van der Waals surface area contributed by atoms with Crippen LogP contribution in [-0.4, -0.2) is 19.7 Å². The lowest BCUT2D eigenvalue weighted by Gasteiger charge is -2.10. The Hall–Kier alpha value is -2.83. The molecule has 2 heterocycles. The Morgan fingerprint density at radius 2 is 1.92 bits per heavy atom. The molecule has 0 spiro atoms. The zero-order valence-electron chi connectivity index (χ0n) is 13.4. The molecule has 2 aromatic heterocycles. The van der Waals surface area contributed by atoms with Crippen LogP contribution in [0.2, 0.25) is 0 Å². The second-order valence-electron chi connectivity index (χ2n) is 5.53. The zero-order chi connectivity index (χ0) is 17.2. The summed E-state index contributed by atoms with van der Waals surface area (Å²) < 4.78 is 28.4. The molecule has 0 unspecified atom stereocenters. The summed E-state index contributed by atoms with van der Waals surface area (Å²) in [6.07, 6.45) is 3.22. The number of hydrogen-bond acceptors (Lipinski definition) is 4. The van der Waals surface area contributed by atoms with Gasteiger partial charge in [0.1, 0.15) is 5.69 Å². The highest BCUT2D eigenvalue weighted by molar-refractivity contribution is 5.34. The Morgan fingerprint density at radius 1 is 1.17 bits per heavy atom. The Balaban J connectivity index is 1.75. The van der Waals surface area contributed by atoms with Gasteiger partial charge >= 0.3 is 0 Å². The van der Waals surface area contributed by atoms with E-state index in [-0.39, 0.29) is 11.6 Å². The number of hydrogen-bond donors (Lipinski definition) is 1. The molecule has 7 heteroatoms. The molecule has 1 aromatic carbocycles. The van der Waals surface area contributed by atoms with Crippen molar-refractivity contribution in [1.82, 2.24) is 19.7 Å². The van der Waals surface area contributed by atoms with Gasteiger partial charge in [-0.2, -0.15) is 13.9 Å². The maximum absolute atomic E-state index is 13.3. The van der Waals surface area contributed by atoms with Crippen LogP contribution in [-0.2, 0) is 12.5 Å². The monoisotopic (exact) mass is 329 g/mol. The number of benzene rings is 1. The number of aryl methyl sites for hydroxylation is 1. The van der Waals surface area contributed by atoms with Crippen LogP contribution in [0.15, 0.2) is 48.8 Å². The van der Waals surface area contributed by atoms with Crippen molar-refractivity contribution in [1.29, 1.82) is 0 Å². The highest BCUT2D eigenvalue weighted by Gasteiger charge is 2.26. The standard InChI is InChI=1S/C17H17F2N5/c1-12-13(11-24(23-12)14-6-4-3-5-7-14)10-21-16-20-9-8-15(22-16)17(2,18)19/h3-9,11H,10H2,1-2H3,(H,20,21,22). The Morgan fingerprint density at radius 3 is 2.62 bits per heavy atom. The van der Waals surface area contributed by atoms with Crippen molar-refractivity contribution in [2.45, 2.75) is 26.3 Å². The summed E-state index contributed by atoms with van der Waals surface area (Å²) in [4.78, 5) is 7.83. The second kappa shape index (κ2) is 6.35. The lowest BCUT2D eigenvalue weighted by Crippen LogP contribution is -2.12. The quantitative estimate of drug-likeness (QED) is 0.775. The highest BCUT2D eigenvalue weighted by atomic mass is 19.3. The number of halogens is 2. The summed E-state index contributed by atoms with van der Waals surface area (Å²) in [6, 6.07) is 10.9. The molecule has 0 fully saturated rings. The predicted octanol–water partition coefficient (Wildman–Crippen LogP) is 3.69. The zero-order valence-corrected chi connectivity index (χ0v) is 13.4. The first-order chi connectivity index (χ1) is 11.4. The normalized spacial score (nSPS) is 11.5. The number of anilines is 1. The van der Waals surface area contributed by atoms with Gasteiger partial charge in [-0.05, 0) is 25.1 Å². The molecule has 0 amide bonds. The predicted molar refractivity (Wildman–Crippen MR) is 87.2 cm³/mol. The Bertz CT molecular complexity index is 824. The molecule has 0 saturated carbocycles. The number of aromatic nitrogens is 4. The van der Waals surface area contributed by atoms with E-state index in [2.05, 4.69) is 20.4 Å². The summed E-state index contributed by atoms with van der Waals surface area (Å²) in [5, 5.41) is 7.44. The summed E-state index contributed by atoms with van der Waals surface area (Å²) >= 11 is 0. The summed E-state index contributed by atoms with van der Waals surface area (Å²) in [5.74, 6) is -2.83. The highest BCUT2D eigenvalue weighted by Crippen LogP contribution is 2.25. The molecule has 0 radical (unpaired) electrons. The van der Waals surface area contributed by atoms with E-state index < -0.39 is 5.92 Å². The van der Waals surface area contributed by atoms with Gasteiger partial charge in [-0.3, -0.25) is 0 Å². The molecule has 1 N–H and O–H groups in total. The maximum Gasteiger partial charge on any atom is 0.287 e. The molecule has 3 rings (SSSR count). The van der Waals surface area contributed by atoms with Crippen molar-refractivity contribution in [3.63, 3.8) is 0 Å². The molecule has 0 bridgehead atoms. The molecule has 0 aliphatic heterocycles. The van der Waals surface area contributed by atoms with Crippen molar-refractivity contribution in [2.24, 2.45) is 0 Å². The van der Waals surface area contributed by atoms with Crippen LogP contribution in [0.3, 0.4) is 0 Å². The van der Waals surface area contributed by atoms with Crippen LogP contribution in [0.5, 0.6) is 0 Å². The minimum atomic E-state index is -2.99. The van der Waals surface area contributed by atoms with Gasteiger partial charge in [0.05, 0.1) is 11.4 Å². The third-order valence-corrected chi connectivity index (χ3v) is 3.56. The van der Waals surface area contributed by atoms with Gasteiger partial charge in [0.25, 0.3) is 5.92 Å². The fourth-order valence-electron chi connectivity index (χ4n) is 2.24. The average molecular weight is 329 g/mol. The number of alkyl halides is 2. The lowest BCUT2D eigenvalue weighted by molar-refractivity contribution is 0.0127. The third-order valence-electron chi connectivity index (χ3n) is 3.56. The molecule has 3 aromatic rings. The topological polar surface area (TPSA) is 55.6 Å². The largest absolute Gasteiger partial charge is 0.350 e. The SMILES string of the molecule is Cc1nn(-c2ccccc2)cc1CNc1nccc(C(C)(F)F)n1. The summed E-state index contributed by atoms with van der Waals surface area (Å²) in [6.45, 7) is 3.11. The number of nitrogens with zero attached hydrogens (tertiary/aromatic N) is 4. The van der Waals surface area contributed by atoms with E-state index in [1.165, 1.54) is 12.3 Å². The van der Waals surface area contributed by atoms with Crippen LogP contribution in [0, 0.1) is 6.92 Å².